The fourth-order valence-electron chi connectivity index (χ4n) is 2.61. The second kappa shape index (κ2) is 7.50. The van der Waals surface area contributed by atoms with Crippen LogP contribution < -0.4 is 10.5 Å². The first-order valence-corrected chi connectivity index (χ1v) is 7.46. The molecule has 0 aromatic heterocycles. The number of likely N-dealkylation sites (tertiary alicyclic amines) is 1. The van der Waals surface area contributed by atoms with Crippen molar-refractivity contribution in [2.75, 3.05) is 19.7 Å². The van der Waals surface area contributed by atoms with Gasteiger partial charge in [0.2, 0.25) is 0 Å². The van der Waals surface area contributed by atoms with E-state index in [1.165, 1.54) is 6.42 Å². The van der Waals surface area contributed by atoms with Crippen LogP contribution in [-0.2, 0) is 4.79 Å². The molecule has 0 radical (unpaired) electrons. The maximum absolute atomic E-state index is 12.3. The highest BCUT2D eigenvalue weighted by Gasteiger charge is 2.26. The van der Waals surface area contributed by atoms with Gasteiger partial charge in [-0.1, -0.05) is 17.7 Å². The van der Waals surface area contributed by atoms with Crippen molar-refractivity contribution in [3.8, 4) is 5.75 Å². The minimum absolute atomic E-state index is 0.0307. The number of carbonyl (C=O) groups is 1. The van der Waals surface area contributed by atoms with Gasteiger partial charge in [0.15, 0.2) is 6.61 Å². The summed E-state index contributed by atoms with van der Waals surface area (Å²) in [6, 6.07) is 7.36. The maximum atomic E-state index is 12.3. The molecule has 1 aliphatic rings. The molecular formula is C15H21ClN2O2. The molecule has 2 rings (SSSR count). The fraction of sp³-hybridized carbons (Fsp3) is 0.533. The van der Waals surface area contributed by atoms with Gasteiger partial charge >= 0.3 is 0 Å². The normalized spacial score (nSPS) is 18.9. The Morgan fingerprint density at radius 1 is 1.45 bits per heavy atom. The van der Waals surface area contributed by atoms with E-state index in [9.17, 15) is 4.79 Å². The highest BCUT2D eigenvalue weighted by molar-refractivity contribution is 6.30. The number of hydrogen-bond acceptors (Lipinski definition) is 3. The number of ether oxygens (including phenoxy) is 1. The topological polar surface area (TPSA) is 55.6 Å². The number of nitrogens with zero attached hydrogens (tertiary/aromatic N) is 1. The molecule has 5 heteroatoms. The van der Waals surface area contributed by atoms with E-state index in [0.717, 1.165) is 25.8 Å². The van der Waals surface area contributed by atoms with Gasteiger partial charge in [-0.25, -0.2) is 0 Å². The lowest BCUT2D eigenvalue weighted by molar-refractivity contribution is -0.137. The lowest BCUT2D eigenvalue weighted by Gasteiger charge is -2.35. The van der Waals surface area contributed by atoms with Crippen LogP contribution >= 0.6 is 11.6 Å². The molecular weight excluding hydrogens is 276 g/mol. The Morgan fingerprint density at radius 3 is 3.05 bits per heavy atom. The van der Waals surface area contributed by atoms with Gasteiger partial charge in [0.1, 0.15) is 5.75 Å². The molecule has 0 saturated carbocycles. The molecule has 0 spiro atoms. The van der Waals surface area contributed by atoms with E-state index in [0.29, 0.717) is 17.3 Å². The van der Waals surface area contributed by atoms with Crippen LogP contribution in [0.5, 0.6) is 5.75 Å². The Kier molecular flexibility index (Phi) is 5.68. The monoisotopic (exact) mass is 296 g/mol. The Hall–Kier alpha value is -1.26. The van der Waals surface area contributed by atoms with Crippen molar-refractivity contribution < 1.29 is 9.53 Å². The predicted octanol–water partition coefficient (Wildman–Crippen LogP) is 2.45. The van der Waals surface area contributed by atoms with Gasteiger partial charge in [-0.3, -0.25) is 4.79 Å². The first-order valence-electron chi connectivity index (χ1n) is 7.08. The van der Waals surface area contributed by atoms with Crippen molar-refractivity contribution in [1.82, 2.24) is 4.90 Å². The van der Waals surface area contributed by atoms with E-state index in [-0.39, 0.29) is 18.6 Å². The number of hydrogen-bond donors (Lipinski definition) is 1. The minimum Gasteiger partial charge on any atom is -0.484 e. The van der Waals surface area contributed by atoms with E-state index >= 15 is 0 Å². The van der Waals surface area contributed by atoms with Gasteiger partial charge in [0, 0.05) is 17.6 Å². The third kappa shape index (κ3) is 4.12. The smallest absolute Gasteiger partial charge is 0.260 e. The van der Waals surface area contributed by atoms with Gasteiger partial charge in [0.05, 0.1) is 0 Å². The summed E-state index contributed by atoms with van der Waals surface area (Å²) in [5.41, 5.74) is 5.62. The first kappa shape index (κ1) is 15.1. The predicted molar refractivity (Wildman–Crippen MR) is 80.0 cm³/mol. The largest absolute Gasteiger partial charge is 0.484 e. The standard InChI is InChI=1S/C15H21ClN2O2/c16-12-4-3-6-14(10-12)20-11-15(19)18-9-2-1-5-13(18)7-8-17/h3-4,6,10,13H,1-2,5,7-9,11,17H2. The number of piperidine rings is 1. The van der Waals surface area contributed by atoms with Crippen molar-refractivity contribution in [2.24, 2.45) is 5.73 Å². The number of carbonyl (C=O) groups excluding carboxylic acids is 1. The number of rotatable bonds is 5. The molecule has 4 nitrogen and oxygen atoms in total. The van der Waals surface area contributed by atoms with E-state index in [4.69, 9.17) is 22.1 Å². The number of halogens is 1. The molecule has 1 unspecified atom stereocenters. The molecule has 1 fully saturated rings. The highest BCUT2D eigenvalue weighted by atomic mass is 35.5. The van der Waals surface area contributed by atoms with Crippen LogP contribution in [-0.4, -0.2) is 36.5 Å². The first-order chi connectivity index (χ1) is 9.70. The summed E-state index contributed by atoms with van der Waals surface area (Å²) in [5, 5.41) is 0.605. The molecule has 1 saturated heterocycles. The molecule has 0 aliphatic carbocycles. The second-order valence-electron chi connectivity index (χ2n) is 5.06. The van der Waals surface area contributed by atoms with Crippen LogP contribution in [0.2, 0.25) is 5.02 Å². The second-order valence-corrected chi connectivity index (χ2v) is 5.50. The van der Waals surface area contributed by atoms with Crippen LogP contribution in [0, 0.1) is 0 Å². The van der Waals surface area contributed by atoms with Gasteiger partial charge < -0.3 is 15.4 Å². The van der Waals surface area contributed by atoms with E-state index in [2.05, 4.69) is 0 Å². The molecule has 0 bridgehead atoms. The Bertz CT molecular complexity index is 451. The zero-order chi connectivity index (χ0) is 14.4. The van der Waals surface area contributed by atoms with Crippen LogP contribution in [0.1, 0.15) is 25.7 Å². The van der Waals surface area contributed by atoms with Crippen molar-refractivity contribution in [3.63, 3.8) is 0 Å². The summed E-state index contributed by atoms with van der Waals surface area (Å²) in [4.78, 5) is 14.2. The van der Waals surface area contributed by atoms with Gasteiger partial charge in [-0.2, -0.15) is 0 Å². The number of amides is 1. The minimum atomic E-state index is 0.0307. The van der Waals surface area contributed by atoms with Crippen LogP contribution in [0.3, 0.4) is 0 Å². The summed E-state index contributed by atoms with van der Waals surface area (Å²) in [5.74, 6) is 0.654. The SMILES string of the molecule is NCCC1CCCCN1C(=O)COc1cccc(Cl)c1. The van der Waals surface area contributed by atoms with Crippen molar-refractivity contribution in [1.29, 1.82) is 0 Å². The lowest BCUT2D eigenvalue weighted by atomic mass is 9.99. The van der Waals surface area contributed by atoms with Crippen molar-refractivity contribution >= 4 is 17.5 Å². The average Bonchev–Trinajstić information content (AvgIpc) is 2.46. The Morgan fingerprint density at radius 2 is 2.30 bits per heavy atom. The molecule has 1 amide bonds. The molecule has 1 aromatic rings. The van der Waals surface area contributed by atoms with E-state index < -0.39 is 0 Å². The summed E-state index contributed by atoms with van der Waals surface area (Å²) in [6.07, 6.45) is 4.14. The molecule has 1 atom stereocenters. The number of benzene rings is 1. The van der Waals surface area contributed by atoms with Gasteiger partial charge in [0.25, 0.3) is 5.91 Å². The Balaban J connectivity index is 1.89. The average molecular weight is 297 g/mol. The highest BCUT2D eigenvalue weighted by Crippen LogP contribution is 2.20. The van der Waals surface area contributed by atoms with Crippen LogP contribution in [0.15, 0.2) is 24.3 Å². The lowest BCUT2D eigenvalue weighted by Crippen LogP contribution is -2.46. The summed E-state index contributed by atoms with van der Waals surface area (Å²) in [7, 11) is 0. The summed E-state index contributed by atoms with van der Waals surface area (Å²) in [6.45, 7) is 1.48. The van der Waals surface area contributed by atoms with Crippen molar-refractivity contribution in [3.05, 3.63) is 29.3 Å². The fourth-order valence-corrected chi connectivity index (χ4v) is 2.79. The quantitative estimate of drug-likeness (QED) is 0.908. The van der Waals surface area contributed by atoms with Crippen LogP contribution in [0.4, 0.5) is 0 Å². The molecule has 1 aromatic carbocycles. The molecule has 1 heterocycles. The summed E-state index contributed by atoms with van der Waals surface area (Å²) < 4.78 is 5.52. The molecule has 110 valence electrons. The molecule has 2 N–H and O–H groups in total. The summed E-state index contributed by atoms with van der Waals surface area (Å²) >= 11 is 5.88. The van der Waals surface area contributed by atoms with E-state index in [1.807, 2.05) is 4.90 Å². The van der Waals surface area contributed by atoms with Crippen LogP contribution in [0.25, 0.3) is 0 Å². The Labute approximate surface area is 124 Å². The van der Waals surface area contributed by atoms with Gasteiger partial charge in [-0.05, 0) is 50.4 Å². The van der Waals surface area contributed by atoms with E-state index in [1.54, 1.807) is 24.3 Å². The molecule has 1 aliphatic heterocycles. The van der Waals surface area contributed by atoms with Gasteiger partial charge in [-0.15, -0.1) is 0 Å². The third-order valence-electron chi connectivity index (χ3n) is 3.61. The zero-order valence-corrected chi connectivity index (χ0v) is 12.3. The molecule has 20 heavy (non-hydrogen) atoms. The van der Waals surface area contributed by atoms with Crippen molar-refractivity contribution in [2.45, 2.75) is 31.7 Å². The third-order valence-corrected chi connectivity index (χ3v) is 3.84. The number of nitrogens with two attached hydrogens (primary N) is 1. The maximum Gasteiger partial charge on any atom is 0.260 e. The zero-order valence-electron chi connectivity index (χ0n) is 11.6.